The lowest BCUT2D eigenvalue weighted by Gasteiger charge is -2.42. The van der Waals surface area contributed by atoms with E-state index >= 15 is 0 Å². The first-order chi connectivity index (χ1) is 6.79. The van der Waals surface area contributed by atoms with Crippen molar-refractivity contribution in [2.24, 2.45) is 11.8 Å². The molecule has 4 unspecified atom stereocenters. The zero-order valence-electron chi connectivity index (χ0n) is 8.28. The van der Waals surface area contributed by atoms with Crippen LogP contribution in [0.15, 0.2) is 0 Å². The van der Waals surface area contributed by atoms with Crippen LogP contribution in [-0.2, 0) is 0 Å². The lowest BCUT2D eigenvalue weighted by molar-refractivity contribution is 0.157. The van der Waals surface area contributed by atoms with E-state index in [1.54, 1.807) is 24.3 Å². The van der Waals surface area contributed by atoms with Gasteiger partial charge in [-0.15, -0.1) is 0 Å². The second-order valence-corrected chi connectivity index (χ2v) is 5.85. The number of hydrogen-bond donors (Lipinski definition) is 4. The molecule has 0 aromatic carbocycles. The van der Waals surface area contributed by atoms with Crippen molar-refractivity contribution in [1.29, 1.82) is 0 Å². The monoisotopic (exact) mass is 232 g/mol. The molecule has 2 aliphatic heterocycles. The van der Waals surface area contributed by atoms with Gasteiger partial charge < -0.3 is 0 Å². The summed E-state index contributed by atoms with van der Waals surface area (Å²) in [5.41, 5.74) is 0. The maximum absolute atomic E-state index is 3.48. The number of hydrogen-bond acceptors (Lipinski definition) is 6. The zero-order chi connectivity index (χ0) is 9.71. The molecule has 3 fully saturated rings. The van der Waals surface area contributed by atoms with E-state index in [2.05, 4.69) is 32.7 Å². The molecule has 1 aliphatic carbocycles. The molecule has 4 N–H and O–H groups in total. The fourth-order valence-electron chi connectivity index (χ4n) is 2.82. The molecule has 1 saturated carbocycles. The fourth-order valence-corrected chi connectivity index (χ4v) is 4.94. The summed E-state index contributed by atoms with van der Waals surface area (Å²) in [7, 11) is 0. The fraction of sp³-hybridized carbons (Fsp3) is 1.00. The maximum atomic E-state index is 3.48. The Kier molecular flexibility index (Phi) is 2.46. The average molecular weight is 232 g/mol. The van der Waals surface area contributed by atoms with Gasteiger partial charge >= 0.3 is 0 Å². The molecule has 0 amide bonds. The lowest BCUT2D eigenvalue weighted by Crippen LogP contribution is -2.62. The van der Waals surface area contributed by atoms with Crippen LogP contribution in [0, 0.1) is 11.8 Å². The largest absolute Gasteiger partial charge is 0.246 e. The molecule has 3 rings (SSSR count). The van der Waals surface area contributed by atoms with Crippen LogP contribution in [-0.4, -0.2) is 24.2 Å². The Morgan fingerprint density at radius 2 is 0.929 bits per heavy atom. The van der Waals surface area contributed by atoms with E-state index < -0.39 is 0 Å². The Morgan fingerprint density at radius 3 is 1.21 bits per heavy atom. The zero-order valence-corrected chi connectivity index (χ0v) is 9.91. The van der Waals surface area contributed by atoms with E-state index in [4.69, 9.17) is 0 Å². The Morgan fingerprint density at radius 1 is 0.643 bits per heavy atom. The van der Waals surface area contributed by atoms with Crippen molar-refractivity contribution in [3.05, 3.63) is 0 Å². The summed E-state index contributed by atoms with van der Waals surface area (Å²) in [6.45, 7) is 4.67. The van der Waals surface area contributed by atoms with Gasteiger partial charge in [0.2, 0.25) is 0 Å². The normalized spacial score (nSPS) is 57.0. The summed E-state index contributed by atoms with van der Waals surface area (Å²) in [6, 6.07) is 2.40. The molecule has 2 saturated heterocycles. The third-order valence-electron chi connectivity index (χ3n) is 3.82. The first kappa shape index (κ1) is 9.74. The van der Waals surface area contributed by atoms with Crippen LogP contribution in [0.4, 0.5) is 0 Å². The smallest absolute Gasteiger partial charge is 0.0391 e. The third kappa shape index (κ3) is 1.25. The average Bonchev–Trinajstić information content (AvgIpc) is 2.82. The second-order valence-electron chi connectivity index (χ2n) is 4.50. The summed E-state index contributed by atoms with van der Waals surface area (Å²) >= 11 is 3.33. The van der Waals surface area contributed by atoms with Crippen molar-refractivity contribution < 1.29 is 0 Å². The number of rotatable bonds is 0. The van der Waals surface area contributed by atoms with Gasteiger partial charge in [-0.25, -0.2) is 18.9 Å². The van der Waals surface area contributed by atoms with Crippen LogP contribution in [0.3, 0.4) is 0 Å². The predicted molar refractivity (Wildman–Crippen MR) is 61.2 cm³/mol. The summed E-state index contributed by atoms with van der Waals surface area (Å²) in [6.07, 6.45) is 0. The van der Waals surface area contributed by atoms with E-state index in [0.717, 1.165) is 0 Å². The topological polar surface area (TPSA) is 48.1 Å². The van der Waals surface area contributed by atoms with Crippen LogP contribution in [0.5, 0.6) is 0 Å². The van der Waals surface area contributed by atoms with Gasteiger partial charge in [-0.2, -0.15) is 0 Å². The SMILES string of the molecule is CC1C2NSNC2C(C)C2NSNC12. The molecule has 0 bridgehead atoms. The molecular weight excluding hydrogens is 216 g/mol. The van der Waals surface area contributed by atoms with Gasteiger partial charge in [-0.1, -0.05) is 13.8 Å². The summed E-state index contributed by atoms with van der Waals surface area (Å²) < 4.78 is 13.9. The highest BCUT2D eigenvalue weighted by atomic mass is 32.2. The van der Waals surface area contributed by atoms with Crippen molar-refractivity contribution in [3.63, 3.8) is 0 Å². The Hall–Kier alpha value is 0.540. The highest BCUT2D eigenvalue weighted by molar-refractivity contribution is 7.96. The van der Waals surface area contributed by atoms with Crippen molar-refractivity contribution in [2.45, 2.75) is 38.0 Å². The van der Waals surface area contributed by atoms with Gasteiger partial charge in [-0.05, 0) is 11.8 Å². The van der Waals surface area contributed by atoms with E-state index in [1.807, 2.05) is 0 Å². The molecule has 14 heavy (non-hydrogen) atoms. The minimum absolute atomic E-state index is 0.601. The minimum atomic E-state index is 0.601. The van der Waals surface area contributed by atoms with Gasteiger partial charge in [0.15, 0.2) is 0 Å². The lowest BCUT2D eigenvalue weighted by atomic mass is 9.71. The van der Waals surface area contributed by atoms with Crippen LogP contribution in [0.2, 0.25) is 0 Å². The van der Waals surface area contributed by atoms with Crippen molar-refractivity contribution in [1.82, 2.24) is 18.9 Å². The van der Waals surface area contributed by atoms with Crippen LogP contribution < -0.4 is 18.9 Å². The van der Waals surface area contributed by atoms with Gasteiger partial charge in [0.05, 0.1) is 0 Å². The Labute approximate surface area is 93.3 Å². The third-order valence-corrected chi connectivity index (χ3v) is 5.38. The van der Waals surface area contributed by atoms with Gasteiger partial charge in [0.25, 0.3) is 0 Å². The summed E-state index contributed by atoms with van der Waals surface area (Å²) in [4.78, 5) is 0. The first-order valence-corrected chi connectivity index (χ1v) is 6.76. The molecule has 4 nitrogen and oxygen atoms in total. The quantitative estimate of drug-likeness (QED) is 0.450. The van der Waals surface area contributed by atoms with E-state index in [0.29, 0.717) is 36.0 Å². The van der Waals surface area contributed by atoms with E-state index in [1.165, 1.54) is 0 Å². The highest BCUT2D eigenvalue weighted by Crippen LogP contribution is 2.37. The first-order valence-electron chi connectivity index (χ1n) is 5.13. The van der Waals surface area contributed by atoms with Gasteiger partial charge in [0.1, 0.15) is 0 Å². The van der Waals surface area contributed by atoms with Crippen LogP contribution in [0.1, 0.15) is 13.8 Å². The molecule has 4 atom stereocenters. The number of nitrogens with one attached hydrogen (secondary N) is 4. The molecule has 80 valence electrons. The van der Waals surface area contributed by atoms with E-state index in [9.17, 15) is 0 Å². The standard InChI is InChI=1S/C8H16N4S2/c1-3-5-7(11-13-9-5)4(2)8-6(3)10-14-12-8/h3-12H,1-2H3. The van der Waals surface area contributed by atoms with Crippen molar-refractivity contribution in [2.75, 3.05) is 0 Å². The molecule has 0 radical (unpaired) electrons. The number of fused-ring (bicyclic) bond motifs is 2. The van der Waals surface area contributed by atoms with Gasteiger partial charge in [0, 0.05) is 48.4 Å². The van der Waals surface area contributed by atoms with Crippen molar-refractivity contribution in [3.8, 4) is 0 Å². The molecule has 0 spiro atoms. The summed E-state index contributed by atoms with van der Waals surface area (Å²) in [5, 5.41) is 0. The van der Waals surface area contributed by atoms with Crippen LogP contribution in [0.25, 0.3) is 0 Å². The maximum Gasteiger partial charge on any atom is 0.0391 e. The Balaban J connectivity index is 1.88. The predicted octanol–water partition coefficient (Wildman–Crippen LogP) is 0.259. The Bertz CT molecular complexity index is 195. The highest BCUT2D eigenvalue weighted by Gasteiger charge is 2.51. The molecular formula is C8H16N4S2. The molecule has 6 heteroatoms. The molecule has 0 aromatic heterocycles. The van der Waals surface area contributed by atoms with E-state index in [-0.39, 0.29) is 0 Å². The molecule has 2 heterocycles. The summed E-state index contributed by atoms with van der Waals surface area (Å²) in [5.74, 6) is 1.34. The second kappa shape index (κ2) is 3.54. The van der Waals surface area contributed by atoms with Crippen LogP contribution >= 0.6 is 24.3 Å². The minimum Gasteiger partial charge on any atom is -0.246 e. The molecule has 0 aromatic rings. The van der Waals surface area contributed by atoms with Crippen molar-refractivity contribution >= 4 is 24.3 Å². The molecule has 3 aliphatic rings. The van der Waals surface area contributed by atoms with Gasteiger partial charge in [-0.3, -0.25) is 0 Å².